The lowest BCUT2D eigenvalue weighted by Gasteiger charge is -2.16. The van der Waals surface area contributed by atoms with Crippen LogP contribution in [0.2, 0.25) is 5.02 Å². The standard InChI is InChI=1S/C26H25ClN4O3S/c1-13-9-10-19(14(2)11-13)29-24(33)22-16(4)21-25(35-22)28-12-31(26(21)34)17(5)23(32)30-20-8-6-7-18(27)15(20)3/h6-12,17H,1-5H3,(H,29,33)(H,30,32). The Morgan fingerprint density at radius 3 is 2.49 bits per heavy atom. The third-order valence-electron chi connectivity index (χ3n) is 6.03. The molecule has 0 bridgehead atoms. The molecule has 7 nitrogen and oxygen atoms in total. The summed E-state index contributed by atoms with van der Waals surface area (Å²) in [5.41, 5.74) is 4.25. The van der Waals surface area contributed by atoms with E-state index >= 15 is 0 Å². The molecule has 4 rings (SSSR count). The normalized spacial score (nSPS) is 11.9. The maximum Gasteiger partial charge on any atom is 0.266 e. The molecule has 2 amide bonds. The summed E-state index contributed by atoms with van der Waals surface area (Å²) >= 11 is 7.31. The summed E-state index contributed by atoms with van der Waals surface area (Å²) in [6, 6.07) is 10.2. The first-order valence-corrected chi connectivity index (χ1v) is 12.2. The molecule has 0 aliphatic carbocycles. The Morgan fingerprint density at radius 2 is 1.77 bits per heavy atom. The Balaban J connectivity index is 1.64. The second-order valence-electron chi connectivity index (χ2n) is 8.54. The largest absolute Gasteiger partial charge is 0.324 e. The number of halogens is 1. The van der Waals surface area contributed by atoms with Gasteiger partial charge < -0.3 is 10.6 Å². The number of benzene rings is 2. The van der Waals surface area contributed by atoms with E-state index in [0.29, 0.717) is 37.1 Å². The molecule has 0 aliphatic rings. The van der Waals surface area contributed by atoms with Gasteiger partial charge in [0, 0.05) is 16.4 Å². The van der Waals surface area contributed by atoms with E-state index in [1.807, 2.05) is 39.0 Å². The highest BCUT2D eigenvalue weighted by atomic mass is 35.5. The van der Waals surface area contributed by atoms with Gasteiger partial charge in [0.25, 0.3) is 11.5 Å². The summed E-state index contributed by atoms with van der Waals surface area (Å²) in [5, 5.41) is 6.63. The summed E-state index contributed by atoms with van der Waals surface area (Å²) in [5.74, 6) is -0.676. The van der Waals surface area contributed by atoms with E-state index in [1.54, 1.807) is 32.0 Å². The third-order valence-corrected chi connectivity index (χ3v) is 7.64. The predicted molar refractivity (Wildman–Crippen MR) is 142 cm³/mol. The minimum atomic E-state index is -0.829. The molecule has 9 heteroatoms. The molecule has 1 unspecified atom stereocenters. The van der Waals surface area contributed by atoms with Crippen LogP contribution >= 0.6 is 22.9 Å². The van der Waals surface area contributed by atoms with Crippen molar-refractivity contribution in [1.29, 1.82) is 0 Å². The number of carbonyl (C=O) groups excluding carboxylic acids is 2. The van der Waals surface area contributed by atoms with Gasteiger partial charge in [-0.3, -0.25) is 19.0 Å². The molecule has 35 heavy (non-hydrogen) atoms. The van der Waals surface area contributed by atoms with Gasteiger partial charge in [0.2, 0.25) is 5.91 Å². The number of aromatic nitrogens is 2. The topological polar surface area (TPSA) is 93.1 Å². The monoisotopic (exact) mass is 508 g/mol. The SMILES string of the molecule is Cc1ccc(NC(=O)c2sc3ncn(C(C)C(=O)Nc4cccc(Cl)c4C)c(=O)c3c2C)c(C)c1. The van der Waals surface area contributed by atoms with Gasteiger partial charge in [-0.05, 0) is 69.5 Å². The first kappa shape index (κ1) is 24.6. The van der Waals surface area contributed by atoms with E-state index in [0.717, 1.165) is 28.0 Å². The van der Waals surface area contributed by atoms with Crippen LogP contribution in [-0.4, -0.2) is 21.4 Å². The number of rotatable bonds is 5. The smallest absolute Gasteiger partial charge is 0.266 e. The lowest BCUT2D eigenvalue weighted by molar-refractivity contribution is -0.118. The summed E-state index contributed by atoms with van der Waals surface area (Å²) < 4.78 is 1.28. The van der Waals surface area contributed by atoms with Crippen molar-refractivity contribution in [2.45, 2.75) is 40.7 Å². The first-order chi connectivity index (χ1) is 16.6. The lowest BCUT2D eigenvalue weighted by Crippen LogP contribution is -2.32. The zero-order valence-corrected chi connectivity index (χ0v) is 21.6. The van der Waals surface area contributed by atoms with Gasteiger partial charge in [0.1, 0.15) is 10.9 Å². The van der Waals surface area contributed by atoms with Crippen molar-refractivity contribution in [1.82, 2.24) is 9.55 Å². The summed E-state index contributed by atoms with van der Waals surface area (Å²) in [4.78, 5) is 44.5. The second kappa shape index (κ2) is 9.64. The van der Waals surface area contributed by atoms with Gasteiger partial charge in [-0.25, -0.2) is 4.98 Å². The molecule has 0 saturated heterocycles. The Labute approximate surface area is 211 Å². The molecule has 2 aromatic carbocycles. The van der Waals surface area contributed by atoms with Gasteiger partial charge in [0.05, 0.1) is 16.6 Å². The molecule has 2 N–H and O–H groups in total. The molecule has 0 saturated carbocycles. The highest BCUT2D eigenvalue weighted by Crippen LogP contribution is 2.29. The summed E-state index contributed by atoms with van der Waals surface area (Å²) in [7, 11) is 0. The average Bonchev–Trinajstić information content (AvgIpc) is 3.15. The molecule has 0 spiro atoms. The fraction of sp³-hybridized carbons (Fsp3) is 0.231. The zero-order chi connectivity index (χ0) is 25.4. The van der Waals surface area contributed by atoms with E-state index in [2.05, 4.69) is 15.6 Å². The fourth-order valence-electron chi connectivity index (χ4n) is 3.87. The van der Waals surface area contributed by atoms with Crippen molar-refractivity contribution in [3.05, 3.63) is 85.2 Å². The maximum atomic E-state index is 13.4. The summed E-state index contributed by atoms with van der Waals surface area (Å²) in [6.45, 7) is 9.07. The molecular weight excluding hydrogens is 484 g/mol. The van der Waals surface area contributed by atoms with Crippen LogP contribution in [0.15, 0.2) is 47.5 Å². The molecule has 0 fully saturated rings. The van der Waals surface area contributed by atoms with Crippen molar-refractivity contribution < 1.29 is 9.59 Å². The van der Waals surface area contributed by atoms with Crippen molar-refractivity contribution in [2.24, 2.45) is 0 Å². The highest BCUT2D eigenvalue weighted by Gasteiger charge is 2.23. The number of hydrogen-bond donors (Lipinski definition) is 2. The minimum Gasteiger partial charge on any atom is -0.324 e. The Morgan fingerprint density at radius 1 is 1.03 bits per heavy atom. The van der Waals surface area contributed by atoms with Gasteiger partial charge >= 0.3 is 0 Å². The van der Waals surface area contributed by atoms with Gasteiger partial charge in [-0.2, -0.15) is 0 Å². The van der Waals surface area contributed by atoms with E-state index < -0.39 is 6.04 Å². The molecule has 180 valence electrons. The Bertz CT molecular complexity index is 1540. The van der Waals surface area contributed by atoms with Gasteiger partial charge in [-0.15, -0.1) is 11.3 Å². The van der Waals surface area contributed by atoms with Crippen LogP contribution < -0.4 is 16.2 Å². The van der Waals surface area contributed by atoms with Gasteiger partial charge in [0.15, 0.2) is 0 Å². The highest BCUT2D eigenvalue weighted by molar-refractivity contribution is 7.20. The number of fused-ring (bicyclic) bond motifs is 1. The van der Waals surface area contributed by atoms with Crippen molar-refractivity contribution >= 4 is 56.3 Å². The number of hydrogen-bond acceptors (Lipinski definition) is 5. The molecule has 0 aliphatic heterocycles. The number of aryl methyl sites for hydroxylation is 3. The van der Waals surface area contributed by atoms with E-state index in [4.69, 9.17) is 11.6 Å². The average molecular weight is 509 g/mol. The first-order valence-electron chi connectivity index (χ1n) is 11.0. The number of amides is 2. The fourth-order valence-corrected chi connectivity index (χ4v) is 5.08. The quantitative estimate of drug-likeness (QED) is 0.356. The van der Waals surface area contributed by atoms with Crippen LogP contribution in [0.1, 0.15) is 44.9 Å². The molecular formula is C26H25ClN4O3S. The molecule has 2 heterocycles. The zero-order valence-electron chi connectivity index (χ0n) is 20.0. The number of nitrogens with one attached hydrogen (secondary N) is 2. The summed E-state index contributed by atoms with van der Waals surface area (Å²) in [6.07, 6.45) is 1.35. The Hall–Kier alpha value is -3.49. The number of thiophene rings is 1. The van der Waals surface area contributed by atoms with Crippen LogP contribution in [0.25, 0.3) is 10.2 Å². The number of carbonyl (C=O) groups is 2. The van der Waals surface area contributed by atoms with Crippen molar-refractivity contribution in [2.75, 3.05) is 10.6 Å². The minimum absolute atomic E-state index is 0.300. The molecule has 1 atom stereocenters. The van der Waals surface area contributed by atoms with Crippen LogP contribution in [0.4, 0.5) is 11.4 Å². The van der Waals surface area contributed by atoms with Crippen molar-refractivity contribution in [3.63, 3.8) is 0 Å². The number of nitrogens with zero attached hydrogens (tertiary/aromatic N) is 2. The van der Waals surface area contributed by atoms with E-state index in [-0.39, 0.29) is 17.4 Å². The maximum absolute atomic E-state index is 13.4. The van der Waals surface area contributed by atoms with Crippen LogP contribution in [0.3, 0.4) is 0 Å². The van der Waals surface area contributed by atoms with E-state index in [9.17, 15) is 14.4 Å². The van der Waals surface area contributed by atoms with E-state index in [1.165, 1.54) is 10.9 Å². The predicted octanol–water partition coefficient (Wildman–Crippen LogP) is 5.80. The van der Waals surface area contributed by atoms with Crippen LogP contribution in [-0.2, 0) is 4.79 Å². The third kappa shape index (κ3) is 4.72. The molecule has 2 aromatic heterocycles. The molecule has 4 aromatic rings. The lowest BCUT2D eigenvalue weighted by atomic mass is 10.1. The van der Waals surface area contributed by atoms with Crippen LogP contribution in [0.5, 0.6) is 0 Å². The van der Waals surface area contributed by atoms with Crippen molar-refractivity contribution in [3.8, 4) is 0 Å². The van der Waals surface area contributed by atoms with Crippen LogP contribution in [0, 0.1) is 27.7 Å². The van der Waals surface area contributed by atoms with Gasteiger partial charge in [-0.1, -0.05) is 35.4 Å². The molecule has 0 radical (unpaired) electrons. The second-order valence-corrected chi connectivity index (χ2v) is 9.95. The number of anilines is 2. The Kier molecular flexibility index (Phi) is 6.78.